The topological polar surface area (TPSA) is 77.2 Å². The molecule has 0 atom stereocenters. The number of benzene rings is 1. The molecule has 0 saturated carbocycles. The third-order valence-electron chi connectivity index (χ3n) is 2.01. The molecule has 0 aliphatic carbocycles. The first-order chi connectivity index (χ1) is 6.97. The smallest absolute Gasteiger partial charge is 0.179 e. The molecule has 6 heteroatoms. The summed E-state index contributed by atoms with van der Waals surface area (Å²) >= 11 is 0. The lowest BCUT2D eigenvalue weighted by atomic mass is 10.2. The highest BCUT2D eigenvalue weighted by Crippen LogP contribution is 2.12. The largest absolute Gasteiger partial charge is 0.329 e. The highest BCUT2D eigenvalue weighted by atomic mass is 35.5. The van der Waals surface area contributed by atoms with Crippen molar-refractivity contribution in [1.29, 1.82) is 0 Å². The number of hydrogen-bond acceptors (Lipinski definition) is 4. The monoisotopic (exact) mass is 263 g/mol. The Kier molecular flexibility index (Phi) is 5.64. The van der Waals surface area contributed by atoms with Crippen LogP contribution in [0.15, 0.2) is 29.2 Å². The van der Waals surface area contributed by atoms with Gasteiger partial charge in [-0.2, -0.15) is 0 Å². The van der Waals surface area contributed by atoms with E-state index in [4.69, 9.17) is 5.73 Å². The lowest BCUT2D eigenvalue weighted by molar-refractivity contribution is 0.101. The second kappa shape index (κ2) is 5.98. The summed E-state index contributed by atoms with van der Waals surface area (Å²) in [5.74, 6) is -0.162. The third-order valence-corrected chi connectivity index (χ3v) is 3.77. The van der Waals surface area contributed by atoms with E-state index in [0.717, 1.165) is 0 Å². The molecule has 0 saturated heterocycles. The number of sulfone groups is 1. The number of ketones is 1. The van der Waals surface area contributed by atoms with Crippen molar-refractivity contribution < 1.29 is 13.2 Å². The molecule has 0 fully saturated rings. The zero-order valence-electron chi connectivity index (χ0n) is 8.84. The van der Waals surface area contributed by atoms with Crippen molar-refractivity contribution in [3.8, 4) is 0 Å². The molecule has 0 amide bonds. The molecule has 90 valence electrons. The molecule has 0 aromatic heterocycles. The number of halogens is 1. The fraction of sp³-hybridized carbons (Fsp3) is 0.300. The Labute approximate surface area is 101 Å². The van der Waals surface area contributed by atoms with Crippen LogP contribution in [0.3, 0.4) is 0 Å². The standard InChI is InChI=1S/C10H13NO3S.ClH/c1-8(12)9-2-4-10(5-3-9)15(13,14)7-6-11;/h2-5H,6-7,11H2,1H3;1H. The predicted octanol–water partition coefficient (Wildman–Crippen LogP) is 1.04. The van der Waals surface area contributed by atoms with Crippen LogP contribution in [0.4, 0.5) is 0 Å². The van der Waals surface area contributed by atoms with Gasteiger partial charge in [-0.15, -0.1) is 12.4 Å². The van der Waals surface area contributed by atoms with E-state index in [-0.39, 0.29) is 35.4 Å². The van der Waals surface area contributed by atoms with Crippen LogP contribution >= 0.6 is 12.4 Å². The third kappa shape index (κ3) is 3.59. The molecule has 0 radical (unpaired) electrons. The molecular weight excluding hydrogens is 250 g/mol. The van der Waals surface area contributed by atoms with E-state index in [0.29, 0.717) is 5.56 Å². The van der Waals surface area contributed by atoms with E-state index in [1.807, 2.05) is 0 Å². The summed E-state index contributed by atoms with van der Waals surface area (Å²) in [6.45, 7) is 1.53. The van der Waals surface area contributed by atoms with Gasteiger partial charge in [0.15, 0.2) is 15.6 Å². The summed E-state index contributed by atoms with van der Waals surface area (Å²) in [4.78, 5) is 11.2. The number of carbonyl (C=O) groups excluding carboxylic acids is 1. The minimum atomic E-state index is -3.29. The average molecular weight is 264 g/mol. The van der Waals surface area contributed by atoms with E-state index in [1.165, 1.54) is 31.2 Å². The number of Topliss-reactive ketones (excluding diaryl/α,β-unsaturated/α-hetero) is 1. The first kappa shape index (κ1) is 15.1. The first-order valence-electron chi connectivity index (χ1n) is 4.51. The van der Waals surface area contributed by atoms with Gasteiger partial charge in [0.25, 0.3) is 0 Å². The van der Waals surface area contributed by atoms with Crippen molar-refractivity contribution in [2.24, 2.45) is 5.73 Å². The van der Waals surface area contributed by atoms with Crippen molar-refractivity contribution >= 4 is 28.0 Å². The van der Waals surface area contributed by atoms with Crippen LogP contribution in [0.1, 0.15) is 17.3 Å². The molecule has 4 nitrogen and oxygen atoms in total. The van der Waals surface area contributed by atoms with Gasteiger partial charge < -0.3 is 5.73 Å². The normalized spacial score (nSPS) is 10.6. The molecule has 0 spiro atoms. The summed E-state index contributed by atoms with van der Waals surface area (Å²) in [5, 5.41) is 0. The zero-order chi connectivity index (χ0) is 11.5. The molecule has 0 aliphatic rings. The summed E-state index contributed by atoms with van der Waals surface area (Å²) < 4.78 is 23.1. The van der Waals surface area contributed by atoms with E-state index in [1.54, 1.807) is 0 Å². The molecule has 1 aromatic carbocycles. The Bertz CT molecular complexity index is 453. The van der Waals surface area contributed by atoms with Crippen LogP contribution < -0.4 is 5.73 Å². The van der Waals surface area contributed by atoms with Crippen molar-refractivity contribution in [2.45, 2.75) is 11.8 Å². The summed E-state index contributed by atoms with van der Waals surface area (Å²) in [6, 6.07) is 5.88. The van der Waals surface area contributed by atoms with Crippen molar-refractivity contribution in [2.75, 3.05) is 12.3 Å². The van der Waals surface area contributed by atoms with Gasteiger partial charge in [0.1, 0.15) is 0 Å². The fourth-order valence-electron chi connectivity index (χ4n) is 1.17. The van der Waals surface area contributed by atoms with Crippen molar-refractivity contribution in [3.63, 3.8) is 0 Å². The van der Waals surface area contributed by atoms with E-state index < -0.39 is 9.84 Å². The Balaban J connectivity index is 0.00000225. The molecule has 1 rings (SSSR count). The first-order valence-corrected chi connectivity index (χ1v) is 6.16. The number of hydrogen-bond donors (Lipinski definition) is 1. The van der Waals surface area contributed by atoms with Crippen LogP contribution in [-0.2, 0) is 9.84 Å². The minimum absolute atomic E-state index is 0. The Hall–Kier alpha value is -0.910. The van der Waals surface area contributed by atoms with Gasteiger partial charge >= 0.3 is 0 Å². The van der Waals surface area contributed by atoms with Gasteiger partial charge in [0, 0.05) is 12.1 Å². The minimum Gasteiger partial charge on any atom is -0.329 e. The molecule has 1 aromatic rings. The lowest BCUT2D eigenvalue weighted by Crippen LogP contribution is -2.15. The second-order valence-electron chi connectivity index (χ2n) is 3.19. The Morgan fingerprint density at radius 2 is 1.75 bits per heavy atom. The highest BCUT2D eigenvalue weighted by molar-refractivity contribution is 7.91. The van der Waals surface area contributed by atoms with Crippen molar-refractivity contribution in [3.05, 3.63) is 29.8 Å². The number of nitrogens with two attached hydrogens (primary N) is 1. The van der Waals surface area contributed by atoms with Crippen LogP contribution in [0.25, 0.3) is 0 Å². The van der Waals surface area contributed by atoms with Crippen LogP contribution in [0.5, 0.6) is 0 Å². The van der Waals surface area contributed by atoms with Gasteiger partial charge in [-0.25, -0.2) is 8.42 Å². The molecule has 0 aliphatic heterocycles. The van der Waals surface area contributed by atoms with Crippen LogP contribution in [0, 0.1) is 0 Å². The predicted molar refractivity (Wildman–Crippen MR) is 64.8 cm³/mol. The Morgan fingerprint density at radius 1 is 1.25 bits per heavy atom. The van der Waals surface area contributed by atoms with Gasteiger partial charge in [-0.05, 0) is 19.1 Å². The van der Waals surface area contributed by atoms with Crippen molar-refractivity contribution in [1.82, 2.24) is 0 Å². The molecule has 0 heterocycles. The van der Waals surface area contributed by atoms with Gasteiger partial charge in [0.2, 0.25) is 0 Å². The average Bonchev–Trinajstić information content (AvgIpc) is 2.18. The van der Waals surface area contributed by atoms with E-state index in [9.17, 15) is 13.2 Å². The molecule has 0 bridgehead atoms. The fourth-order valence-corrected chi connectivity index (χ4v) is 2.27. The van der Waals surface area contributed by atoms with Crippen LogP contribution in [0.2, 0.25) is 0 Å². The number of rotatable bonds is 4. The quantitative estimate of drug-likeness (QED) is 0.824. The van der Waals surface area contributed by atoms with Gasteiger partial charge in [-0.3, -0.25) is 4.79 Å². The maximum atomic E-state index is 11.5. The van der Waals surface area contributed by atoms with Gasteiger partial charge in [-0.1, -0.05) is 12.1 Å². The lowest BCUT2D eigenvalue weighted by Gasteiger charge is -2.03. The van der Waals surface area contributed by atoms with Gasteiger partial charge in [0.05, 0.1) is 10.6 Å². The number of carbonyl (C=O) groups is 1. The van der Waals surface area contributed by atoms with E-state index >= 15 is 0 Å². The SMILES string of the molecule is CC(=O)c1ccc(S(=O)(=O)CCN)cc1.Cl. The molecule has 0 unspecified atom stereocenters. The zero-order valence-corrected chi connectivity index (χ0v) is 10.5. The maximum absolute atomic E-state index is 11.5. The highest BCUT2D eigenvalue weighted by Gasteiger charge is 2.13. The molecule has 16 heavy (non-hydrogen) atoms. The summed E-state index contributed by atoms with van der Waals surface area (Å²) in [5.41, 5.74) is 5.70. The summed E-state index contributed by atoms with van der Waals surface area (Å²) in [7, 11) is -3.29. The van der Waals surface area contributed by atoms with Crippen LogP contribution in [-0.4, -0.2) is 26.5 Å². The Morgan fingerprint density at radius 3 is 2.12 bits per heavy atom. The van der Waals surface area contributed by atoms with E-state index in [2.05, 4.69) is 0 Å². The second-order valence-corrected chi connectivity index (χ2v) is 5.30. The molecular formula is C10H14ClNO3S. The summed E-state index contributed by atoms with van der Waals surface area (Å²) in [6.07, 6.45) is 0. The maximum Gasteiger partial charge on any atom is 0.179 e. The molecule has 2 N–H and O–H groups in total.